The number of aryl methyl sites for hydroxylation is 2. The zero-order valence-corrected chi connectivity index (χ0v) is 14.5. The van der Waals surface area contributed by atoms with Crippen LogP contribution in [0.3, 0.4) is 0 Å². The predicted molar refractivity (Wildman–Crippen MR) is 93.8 cm³/mol. The van der Waals surface area contributed by atoms with Crippen LogP contribution in [0.4, 0.5) is 0 Å². The van der Waals surface area contributed by atoms with Crippen molar-refractivity contribution in [2.75, 3.05) is 6.54 Å². The van der Waals surface area contributed by atoms with Crippen LogP contribution in [0.25, 0.3) is 10.7 Å². The van der Waals surface area contributed by atoms with Crippen LogP contribution in [0.2, 0.25) is 0 Å². The third-order valence-corrected chi connectivity index (χ3v) is 4.67. The number of pyridine rings is 1. The zero-order chi connectivity index (χ0) is 16.9. The minimum Gasteiger partial charge on any atom is -0.355 e. The van der Waals surface area contributed by atoms with Crippen LogP contribution in [0.5, 0.6) is 0 Å². The molecule has 3 aromatic rings. The molecular weight excluding hydrogens is 322 g/mol. The summed E-state index contributed by atoms with van der Waals surface area (Å²) in [5.41, 5.74) is 4.82. The Morgan fingerprint density at radius 3 is 2.92 bits per heavy atom. The summed E-state index contributed by atoms with van der Waals surface area (Å²) in [5.74, 6) is -0.0216. The number of amides is 1. The molecule has 2 N–H and O–H groups in total. The summed E-state index contributed by atoms with van der Waals surface area (Å²) in [7, 11) is 0. The number of H-pyrrole nitrogens is 1. The summed E-state index contributed by atoms with van der Waals surface area (Å²) in [4.78, 5) is 20.8. The minimum atomic E-state index is -0.0216. The molecule has 0 unspecified atom stereocenters. The van der Waals surface area contributed by atoms with Gasteiger partial charge >= 0.3 is 0 Å². The fraction of sp³-hybridized carbons (Fsp3) is 0.294. The van der Waals surface area contributed by atoms with Gasteiger partial charge in [0, 0.05) is 23.8 Å². The molecule has 7 heteroatoms. The third kappa shape index (κ3) is 3.86. The van der Waals surface area contributed by atoms with E-state index in [-0.39, 0.29) is 12.3 Å². The predicted octanol–water partition coefficient (Wildman–Crippen LogP) is 2.45. The number of aromatic nitrogens is 4. The molecule has 3 rings (SSSR count). The van der Waals surface area contributed by atoms with E-state index < -0.39 is 0 Å². The van der Waals surface area contributed by atoms with E-state index in [0.717, 1.165) is 34.2 Å². The number of rotatable bonds is 6. The maximum absolute atomic E-state index is 12.1. The zero-order valence-electron chi connectivity index (χ0n) is 13.7. The number of carbonyl (C=O) groups is 1. The number of hydrogen-bond donors (Lipinski definition) is 2. The number of hydrogen-bond acceptors (Lipinski definition) is 5. The molecule has 0 aromatic carbocycles. The molecule has 1 amide bonds. The van der Waals surface area contributed by atoms with Gasteiger partial charge in [-0.25, -0.2) is 4.98 Å². The summed E-state index contributed by atoms with van der Waals surface area (Å²) in [5, 5.41) is 12.8. The van der Waals surface area contributed by atoms with E-state index in [9.17, 15) is 4.79 Å². The van der Waals surface area contributed by atoms with Crippen LogP contribution in [-0.4, -0.2) is 32.6 Å². The maximum atomic E-state index is 12.1. The average Bonchev–Trinajstić information content (AvgIpc) is 3.17. The molecule has 124 valence electrons. The van der Waals surface area contributed by atoms with Gasteiger partial charge in [-0.2, -0.15) is 5.10 Å². The Morgan fingerprint density at radius 1 is 1.33 bits per heavy atom. The first kappa shape index (κ1) is 16.3. The minimum absolute atomic E-state index is 0.0216. The first-order valence-electron chi connectivity index (χ1n) is 7.76. The number of carbonyl (C=O) groups excluding carboxylic acids is 1. The Labute approximate surface area is 144 Å². The summed E-state index contributed by atoms with van der Waals surface area (Å²) in [6.07, 6.45) is 2.80. The van der Waals surface area contributed by atoms with Crippen LogP contribution in [-0.2, 0) is 17.6 Å². The van der Waals surface area contributed by atoms with Gasteiger partial charge in [-0.3, -0.25) is 14.9 Å². The number of nitrogens with zero attached hydrogens (tertiary/aromatic N) is 3. The summed E-state index contributed by atoms with van der Waals surface area (Å²) < 4.78 is 0. The molecule has 0 saturated heterocycles. The van der Waals surface area contributed by atoms with Gasteiger partial charge in [-0.1, -0.05) is 6.07 Å². The largest absolute Gasteiger partial charge is 0.355 e. The Morgan fingerprint density at radius 2 is 2.21 bits per heavy atom. The highest BCUT2D eigenvalue weighted by Crippen LogP contribution is 2.21. The molecule has 0 saturated carbocycles. The van der Waals surface area contributed by atoms with Crippen LogP contribution in [0.1, 0.15) is 22.6 Å². The van der Waals surface area contributed by atoms with Crippen LogP contribution >= 0.6 is 11.3 Å². The summed E-state index contributed by atoms with van der Waals surface area (Å²) in [6, 6.07) is 5.71. The second kappa shape index (κ2) is 7.35. The lowest BCUT2D eigenvalue weighted by molar-refractivity contribution is -0.120. The van der Waals surface area contributed by atoms with Crippen molar-refractivity contribution in [1.29, 1.82) is 0 Å². The van der Waals surface area contributed by atoms with E-state index >= 15 is 0 Å². The molecule has 24 heavy (non-hydrogen) atoms. The molecule has 0 aliphatic carbocycles. The number of aromatic amines is 1. The standard InChI is InChI=1S/C17H19N5OS/c1-11-14(12(2)22-21-11)6-8-19-16(23)9-13-10-24-17(20-13)15-5-3-4-7-18-15/h3-5,7,10H,6,8-9H2,1-2H3,(H,19,23)(H,21,22). The van der Waals surface area contributed by atoms with E-state index in [0.29, 0.717) is 6.54 Å². The summed E-state index contributed by atoms with van der Waals surface area (Å²) in [6.45, 7) is 4.55. The number of nitrogens with one attached hydrogen (secondary N) is 2. The SMILES string of the molecule is Cc1n[nH]c(C)c1CCNC(=O)Cc1csc(-c2ccccn2)n1. The Bertz CT molecular complexity index is 805. The van der Waals surface area contributed by atoms with Gasteiger partial charge in [-0.05, 0) is 38.0 Å². The monoisotopic (exact) mass is 341 g/mol. The topological polar surface area (TPSA) is 83.6 Å². The van der Waals surface area contributed by atoms with Crippen molar-refractivity contribution in [1.82, 2.24) is 25.5 Å². The smallest absolute Gasteiger partial charge is 0.226 e. The van der Waals surface area contributed by atoms with Crippen molar-refractivity contribution in [3.05, 3.63) is 52.4 Å². The van der Waals surface area contributed by atoms with E-state index in [1.54, 1.807) is 6.20 Å². The van der Waals surface area contributed by atoms with Gasteiger partial charge in [0.1, 0.15) is 5.01 Å². The van der Waals surface area contributed by atoms with Gasteiger partial charge in [0.05, 0.1) is 23.5 Å². The highest BCUT2D eigenvalue weighted by molar-refractivity contribution is 7.13. The first-order chi connectivity index (χ1) is 11.6. The van der Waals surface area contributed by atoms with Gasteiger partial charge in [-0.15, -0.1) is 11.3 Å². The van der Waals surface area contributed by atoms with Crippen molar-refractivity contribution in [3.63, 3.8) is 0 Å². The van der Waals surface area contributed by atoms with Crippen LogP contribution in [0, 0.1) is 13.8 Å². The molecule has 6 nitrogen and oxygen atoms in total. The molecule has 3 heterocycles. The van der Waals surface area contributed by atoms with Crippen molar-refractivity contribution >= 4 is 17.2 Å². The quantitative estimate of drug-likeness (QED) is 0.721. The molecule has 0 radical (unpaired) electrons. The molecule has 0 spiro atoms. The third-order valence-electron chi connectivity index (χ3n) is 3.76. The first-order valence-corrected chi connectivity index (χ1v) is 8.64. The fourth-order valence-corrected chi connectivity index (χ4v) is 3.29. The van der Waals surface area contributed by atoms with Gasteiger partial charge in [0.2, 0.25) is 5.91 Å². The van der Waals surface area contributed by atoms with E-state index in [4.69, 9.17) is 0 Å². The average molecular weight is 341 g/mol. The highest BCUT2D eigenvalue weighted by Gasteiger charge is 2.10. The van der Waals surface area contributed by atoms with Crippen LogP contribution < -0.4 is 5.32 Å². The van der Waals surface area contributed by atoms with E-state index in [1.165, 1.54) is 16.9 Å². The van der Waals surface area contributed by atoms with E-state index in [1.807, 2.05) is 37.4 Å². The highest BCUT2D eigenvalue weighted by atomic mass is 32.1. The molecule has 0 fully saturated rings. The Hall–Kier alpha value is -2.54. The molecule has 0 atom stereocenters. The Balaban J connectivity index is 1.51. The normalized spacial score (nSPS) is 10.8. The molecular formula is C17H19N5OS. The number of thiazole rings is 1. The lowest BCUT2D eigenvalue weighted by Crippen LogP contribution is -2.27. The molecule has 0 bridgehead atoms. The fourth-order valence-electron chi connectivity index (χ4n) is 2.49. The molecule has 0 aliphatic heterocycles. The van der Waals surface area contributed by atoms with Crippen molar-refractivity contribution in [2.24, 2.45) is 0 Å². The van der Waals surface area contributed by atoms with Gasteiger partial charge < -0.3 is 5.32 Å². The van der Waals surface area contributed by atoms with Crippen LogP contribution in [0.15, 0.2) is 29.8 Å². The second-order valence-corrected chi connectivity index (χ2v) is 6.41. The molecule has 0 aliphatic rings. The van der Waals surface area contributed by atoms with Gasteiger partial charge in [0.25, 0.3) is 0 Å². The van der Waals surface area contributed by atoms with Crippen molar-refractivity contribution in [2.45, 2.75) is 26.7 Å². The Kier molecular flexibility index (Phi) is 5.00. The summed E-state index contributed by atoms with van der Waals surface area (Å²) >= 11 is 1.50. The second-order valence-electron chi connectivity index (χ2n) is 5.55. The van der Waals surface area contributed by atoms with Gasteiger partial charge in [0.15, 0.2) is 0 Å². The van der Waals surface area contributed by atoms with Crippen molar-refractivity contribution < 1.29 is 4.79 Å². The lowest BCUT2D eigenvalue weighted by Gasteiger charge is -2.04. The van der Waals surface area contributed by atoms with E-state index in [2.05, 4.69) is 25.5 Å². The molecule has 3 aromatic heterocycles. The maximum Gasteiger partial charge on any atom is 0.226 e. The van der Waals surface area contributed by atoms with Crippen molar-refractivity contribution in [3.8, 4) is 10.7 Å². The lowest BCUT2D eigenvalue weighted by atomic mass is 10.1.